The molecule has 6 rings (SSSR count). The lowest BCUT2D eigenvalue weighted by Gasteiger charge is -2.38. The Balaban J connectivity index is 1.26. The van der Waals surface area contributed by atoms with Crippen LogP contribution in [0.4, 0.5) is 5.82 Å². The Morgan fingerprint density at radius 2 is 1.84 bits per heavy atom. The number of hydrogen-bond acceptors (Lipinski definition) is 7. The maximum atomic E-state index is 11.1. The van der Waals surface area contributed by atoms with Crippen molar-refractivity contribution in [3.05, 3.63) is 84.8 Å². The normalized spacial score (nSPS) is 15.1. The third-order valence-corrected chi connectivity index (χ3v) is 7.06. The number of pyridine rings is 3. The monoisotopic (exact) mass is 490 g/mol. The van der Waals surface area contributed by atoms with Gasteiger partial charge in [0.1, 0.15) is 23.2 Å². The third kappa shape index (κ3) is 4.43. The molecule has 0 radical (unpaired) electrons. The minimum absolute atomic E-state index is 0.468. The Hall–Kier alpha value is -4.55. The van der Waals surface area contributed by atoms with E-state index in [1.807, 2.05) is 72.5 Å². The van der Waals surface area contributed by atoms with Crippen molar-refractivity contribution in [2.24, 2.45) is 7.05 Å². The van der Waals surface area contributed by atoms with Crippen molar-refractivity contribution in [1.29, 1.82) is 5.26 Å². The standard InChI is InChI=1S/C28H26N8O/c1-34-19-22(17-33-34)21-12-25(36-24(15-29)18-32-27(36)13-21)20-5-6-26(31-16-20)35-10-7-28(37,8-11-35)14-23-4-2-3-9-30-23/h2-6,9,12-13,16-19,37H,7-8,10-11,14H2,1H3. The van der Waals surface area contributed by atoms with E-state index < -0.39 is 5.60 Å². The third-order valence-electron chi connectivity index (χ3n) is 7.06. The summed E-state index contributed by atoms with van der Waals surface area (Å²) in [6, 6.07) is 16.1. The molecule has 37 heavy (non-hydrogen) atoms. The Morgan fingerprint density at radius 1 is 0.973 bits per heavy atom. The number of aryl methyl sites for hydroxylation is 1. The van der Waals surface area contributed by atoms with Gasteiger partial charge in [0.15, 0.2) is 0 Å². The lowest BCUT2D eigenvalue weighted by Crippen LogP contribution is -2.46. The average Bonchev–Trinajstić information content (AvgIpc) is 3.55. The summed E-state index contributed by atoms with van der Waals surface area (Å²) in [5.74, 6) is 0.870. The summed E-state index contributed by atoms with van der Waals surface area (Å²) < 4.78 is 3.62. The lowest BCUT2D eigenvalue weighted by atomic mass is 9.87. The molecule has 0 bridgehead atoms. The van der Waals surface area contributed by atoms with Crippen LogP contribution in [-0.4, -0.2) is 52.9 Å². The lowest BCUT2D eigenvalue weighted by molar-refractivity contribution is 0.0156. The Morgan fingerprint density at radius 3 is 2.51 bits per heavy atom. The summed E-state index contributed by atoms with van der Waals surface area (Å²) in [5.41, 5.74) is 5.00. The molecule has 0 amide bonds. The summed E-state index contributed by atoms with van der Waals surface area (Å²) in [6.45, 7) is 1.44. The first kappa shape index (κ1) is 22.9. The molecule has 0 spiro atoms. The Kier molecular flexibility index (Phi) is 5.66. The molecular weight excluding hydrogens is 464 g/mol. The molecule has 9 heteroatoms. The number of hydrogen-bond donors (Lipinski definition) is 1. The summed E-state index contributed by atoms with van der Waals surface area (Å²) >= 11 is 0. The van der Waals surface area contributed by atoms with E-state index in [2.05, 4.69) is 26.0 Å². The highest BCUT2D eigenvalue weighted by Crippen LogP contribution is 2.31. The van der Waals surface area contributed by atoms with Gasteiger partial charge in [-0.15, -0.1) is 0 Å². The van der Waals surface area contributed by atoms with E-state index in [0.29, 0.717) is 30.6 Å². The van der Waals surface area contributed by atoms with Crippen LogP contribution in [0.25, 0.3) is 28.0 Å². The SMILES string of the molecule is Cn1cc(-c2cc(-c3ccc(N4CCC(O)(Cc5ccccn5)CC4)nc3)n3c(C#N)cnc3c2)cn1. The van der Waals surface area contributed by atoms with Gasteiger partial charge in [0.05, 0.1) is 23.7 Å². The summed E-state index contributed by atoms with van der Waals surface area (Å²) in [6.07, 6.45) is 10.8. The Labute approximate surface area is 214 Å². The van der Waals surface area contributed by atoms with Gasteiger partial charge in [-0.1, -0.05) is 6.07 Å². The van der Waals surface area contributed by atoms with Gasteiger partial charge in [-0.3, -0.25) is 14.1 Å². The molecule has 9 nitrogen and oxygen atoms in total. The number of aromatic nitrogens is 6. The second-order valence-electron chi connectivity index (χ2n) is 9.60. The zero-order chi connectivity index (χ0) is 25.4. The van der Waals surface area contributed by atoms with Gasteiger partial charge in [0.2, 0.25) is 0 Å². The van der Waals surface area contributed by atoms with Crippen LogP contribution >= 0.6 is 0 Å². The predicted molar refractivity (Wildman–Crippen MR) is 140 cm³/mol. The van der Waals surface area contributed by atoms with Crippen LogP contribution in [0, 0.1) is 11.3 Å². The molecule has 184 valence electrons. The number of piperidine rings is 1. The minimum Gasteiger partial charge on any atom is -0.389 e. The van der Waals surface area contributed by atoms with Gasteiger partial charge in [0, 0.05) is 62.0 Å². The summed E-state index contributed by atoms with van der Waals surface area (Å²) in [7, 11) is 1.88. The number of rotatable bonds is 5. The minimum atomic E-state index is -0.752. The number of anilines is 1. The number of nitrogens with zero attached hydrogens (tertiary/aromatic N) is 8. The van der Waals surface area contributed by atoms with Crippen LogP contribution in [0.1, 0.15) is 24.2 Å². The fourth-order valence-electron chi connectivity index (χ4n) is 5.04. The van der Waals surface area contributed by atoms with Crippen molar-refractivity contribution in [1.82, 2.24) is 29.1 Å². The average molecular weight is 491 g/mol. The molecule has 0 aliphatic carbocycles. The van der Waals surface area contributed by atoms with Crippen molar-refractivity contribution < 1.29 is 5.11 Å². The molecule has 5 aromatic heterocycles. The topological polar surface area (TPSA) is 108 Å². The van der Waals surface area contributed by atoms with Gasteiger partial charge in [0.25, 0.3) is 0 Å². The summed E-state index contributed by atoms with van der Waals surface area (Å²) in [5, 5.41) is 25.1. The van der Waals surface area contributed by atoms with Crippen molar-refractivity contribution in [3.63, 3.8) is 0 Å². The van der Waals surface area contributed by atoms with Gasteiger partial charge in [-0.05, 0) is 54.8 Å². The number of imidazole rings is 1. The van der Waals surface area contributed by atoms with Crippen molar-refractivity contribution in [3.8, 4) is 28.5 Å². The van der Waals surface area contributed by atoms with Crippen LogP contribution in [0.2, 0.25) is 0 Å². The molecule has 1 aliphatic heterocycles. The van der Waals surface area contributed by atoms with E-state index in [4.69, 9.17) is 4.98 Å². The largest absolute Gasteiger partial charge is 0.389 e. The van der Waals surface area contributed by atoms with E-state index in [1.54, 1.807) is 17.1 Å². The molecule has 1 fully saturated rings. The van der Waals surface area contributed by atoms with E-state index >= 15 is 0 Å². The number of aliphatic hydroxyl groups is 1. The quantitative estimate of drug-likeness (QED) is 0.401. The predicted octanol–water partition coefficient (Wildman–Crippen LogP) is 3.64. The highest BCUT2D eigenvalue weighted by Gasteiger charge is 2.33. The second-order valence-corrected chi connectivity index (χ2v) is 9.60. The van der Waals surface area contributed by atoms with Crippen LogP contribution in [0.3, 0.4) is 0 Å². The summed E-state index contributed by atoms with van der Waals surface area (Å²) in [4.78, 5) is 15.8. The van der Waals surface area contributed by atoms with E-state index in [9.17, 15) is 10.4 Å². The maximum Gasteiger partial charge on any atom is 0.145 e. The first-order chi connectivity index (χ1) is 18.0. The van der Waals surface area contributed by atoms with Crippen LogP contribution in [0.15, 0.2) is 73.4 Å². The van der Waals surface area contributed by atoms with Gasteiger partial charge in [-0.2, -0.15) is 10.4 Å². The first-order valence-corrected chi connectivity index (χ1v) is 12.3. The molecule has 1 N–H and O–H groups in total. The zero-order valence-electron chi connectivity index (χ0n) is 20.5. The first-order valence-electron chi connectivity index (χ1n) is 12.3. The molecule has 0 unspecified atom stereocenters. The van der Waals surface area contributed by atoms with Crippen LogP contribution in [0.5, 0.6) is 0 Å². The molecular formula is C28H26N8O. The van der Waals surface area contributed by atoms with Crippen LogP contribution < -0.4 is 4.90 Å². The maximum absolute atomic E-state index is 11.1. The molecule has 1 saturated heterocycles. The highest BCUT2D eigenvalue weighted by molar-refractivity contribution is 5.75. The van der Waals surface area contributed by atoms with Gasteiger partial charge >= 0.3 is 0 Å². The Bertz CT molecular complexity index is 1590. The highest BCUT2D eigenvalue weighted by atomic mass is 16.3. The molecule has 1 aliphatic rings. The van der Waals surface area contributed by atoms with Gasteiger partial charge < -0.3 is 10.0 Å². The van der Waals surface area contributed by atoms with Gasteiger partial charge in [-0.25, -0.2) is 9.97 Å². The molecule has 0 atom stereocenters. The van der Waals surface area contributed by atoms with Crippen LogP contribution in [-0.2, 0) is 13.5 Å². The van der Waals surface area contributed by atoms with E-state index in [0.717, 1.165) is 47.0 Å². The van der Waals surface area contributed by atoms with Crippen molar-refractivity contribution >= 4 is 11.5 Å². The van der Waals surface area contributed by atoms with E-state index in [1.165, 1.54) is 0 Å². The van der Waals surface area contributed by atoms with Crippen molar-refractivity contribution in [2.75, 3.05) is 18.0 Å². The zero-order valence-corrected chi connectivity index (χ0v) is 20.5. The molecule has 6 heterocycles. The molecule has 0 saturated carbocycles. The smallest absolute Gasteiger partial charge is 0.145 e. The molecule has 5 aromatic rings. The number of fused-ring (bicyclic) bond motifs is 1. The fraction of sp³-hybridized carbons (Fsp3) is 0.250. The van der Waals surface area contributed by atoms with Crippen molar-refractivity contribution in [2.45, 2.75) is 24.9 Å². The second kappa shape index (κ2) is 9.15. The van der Waals surface area contributed by atoms with E-state index in [-0.39, 0.29) is 0 Å². The molecule has 0 aromatic carbocycles. The number of nitriles is 1. The fourth-order valence-corrected chi connectivity index (χ4v) is 5.04.